The van der Waals surface area contributed by atoms with Gasteiger partial charge < -0.3 is 0 Å². The standard InChI is InChI=1S/C10H19ClO2S/c1-7(2)10(8(3)11)9-4-5-14(12,13)6-9/h7-10H,4-6H2,1-3H3. The number of alkyl halides is 1. The highest BCUT2D eigenvalue weighted by molar-refractivity contribution is 7.91. The van der Waals surface area contributed by atoms with E-state index in [4.69, 9.17) is 11.6 Å². The molecule has 2 nitrogen and oxygen atoms in total. The first-order chi connectivity index (χ1) is 6.33. The van der Waals surface area contributed by atoms with Gasteiger partial charge in [-0.15, -0.1) is 11.6 Å². The summed E-state index contributed by atoms with van der Waals surface area (Å²) in [6, 6.07) is 0. The van der Waals surface area contributed by atoms with Crippen molar-refractivity contribution >= 4 is 21.4 Å². The zero-order chi connectivity index (χ0) is 10.9. The van der Waals surface area contributed by atoms with E-state index in [-0.39, 0.29) is 11.3 Å². The molecule has 0 amide bonds. The Morgan fingerprint density at radius 3 is 2.14 bits per heavy atom. The lowest BCUT2D eigenvalue weighted by atomic mass is 9.81. The average Bonchev–Trinajstić information content (AvgIpc) is 2.28. The minimum Gasteiger partial charge on any atom is -0.229 e. The highest BCUT2D eigenvalue weighted by Gasteiger charge is 2.36. The monoisotopic (exact) mass is 238 g/mol. The molecule has 1 fully saturated rings. The molecule has 1 aliphatic heterocycles. The minimum atomic E-state index is -2.77. The predicted molar refractivity (Wildman–Crippen MR) is 60.4 cm³/mol. The Morgan fingerprint density at radius 2 is 1.86 bits per heavy atom. The molecule has 84 valence electrons. The third-order valence-corrected chi connectivity index (χ3v) is 5.20. The average molecular weight is 239 g/mol. The molecular formula is C10H19ClO2S. The largest absolute Gasteiger partial charge is 0.229 e. The van der Waals surface area contributed by atoms with Gasteiger partial charge in [0.1, 0.15) is 0 Å². The third kappa shape index (κ3) is 2.86. The summed E-state index contributed by atoms with van der Waals surface area (Å²) in [7, 11) is -2.77. The Hall–Kier alpha value is 0.240. The molecule has 1 rings (SSSR count). The first kappa shape index (κ1) is 12.3. The molecule has 1 aliphatic rings. The van der Waals surface area contributed by atoms with Crippen LogP contribution >= 0.6 is 11.6 Å². The molecule has 1 heterocycles. The van der Waals surface area contributed by atoms with Gasteiger partial charge in [-0.1, -0.05) is 13.8 Å². The van der Waals surface area contributed by atoms with Crippen LogP contribution in [0.4, 0.5) is 0 Å². The van der Waals surface area contributed by atoms with Crippen molar-refractivity contribution in [2.24, 2.45) is 17.8 Å². The van der Waals surface area contributed by atoms with Crippen molar-refractivity contribution in [3.63, 3.8) is 0 Å². The van der Waals surface area contributed by atoms with Gasteiger partial charge in [0.05, 0.1) is 11.5 Å². The van der Waals surface area contributed by atoms with Crippen LogP contribution in [0.3, 0.4) is 0 Å². The van der Waals surface area contributed by atoms with Crippen LogP contribution in [0.15, 0.2) is 0 Å². The minimum absolute atomic E-state index is 0.0632. The van der Waals surface area contributed by atoms with E-state index in [1.807, 2.05) is 6.92 Å². The third-order valence-electron chi connectivity index (χ3n) is 3.11. The van der Waals surface area contributed by atoms with E-state index in [0.717, 1.165) is 6.42 Å². The molecule has 0 aliphatic carbocycles. The van der Waals surface area contributed by atoms with Crippen molar-refractivity contribution in [1.29, 1.82) is 0 Å². The summed E-state index contributed by atoms with van der Waals surface area (Å²) < 4.78 is 22.7. The maximum Gasteiger partial charge on any atom is 0.150 e. The van der Waals surface area contributed by atoms with Gasteiger partial charge in [0.2, 0.25) is 0 Å². The molecule has 3 unspecified atom stereocenters. The summed E-state index contributed by atoms with van der Waals surface area (Å²) in [6.45, 7) is 6.21. The number of rotatable bonds is 3. The Labute approximate surface area is 91.9 Å². The summed E-state index contributed by atoms with van der Waals surface area (Å²) in [4.78, 5) is 0. The number of sulfone groups is 1. The van der Waals surface area contributed by atoms with Crippen LogP contribution in [-0.4, -0.2) is 25.3 Å². The van der Waals surface area contributed by atoms with E-state index < -0.39 is 9.84 Å². The molecule has 0 aromatic heterocycles. The van der Waals surface area contributed by atoms with Crippen LogP contribution in [0.25, 0.3) is 0 Å². The van der Waals surface area contributed by atoms with E-state index in [1.54, 1.807) is 0 Å². The molecule has 4 heteroatoms. The SMILES string of the molecule is CC(C)C(C(C)Cl)C1CCS(=O)(=O)C1. The maximum atomic E-state index is 11.3. The van der Waals surface area contributed by atoms with Crippen molar-refractivity contribution in [2.45, 2.75) is 32.6 Å². The van der Waals surface area contributed by atoms with Gasteiger partial charge in [-0.3, -0.25) is 0 Å². The van der Waals surface area contributed by atoms with E-state index >= 15 is 0 Å². The molecule has 0 bridgehead atoms. The normalized spacial score (nSPS) is 30.5. The Balaban J connectivity index is 2.73. The van der Waals surface area contributed by atoms with E-state index in [9.17, 15) is 8.42 Å². The zero-order valence-electron chi connectivity index (χ0n) is 9.03. The summed E-state index contributed by atoms with van der Waals surface area (Å²) in [5.41, 5.74) is 0. The molecule has 0 spiro atoms. The van der Waals surface area contributed by atoms with Crippen molar-refractivity contribution in [2.75, 3.05) is 11.5 Å². The van der Waals surface area contributed by atoms with Crippen LogP contribution in [-0.2, 0) is 9.84 Å². The number of halogens is 1. The summed E-state index contributed by atoms with van der Waals surface area (Å²) in [6.07, 6.45) is 0.794. The maximum absolute atomic E-state index is 11.3. The van der Waals surface area contributed by atoms with Crippen LogP contribution in [0.2, 0.25) is 0 Å². The lowest BCUT2D eigenvalue weighted by Gasteiger charge is -2.28. The highest BCUT2D eigenvalue weighted by atomic mass is 35.5. The van der Waals surface area contributed by atoms with Crippen molar-refractivity contribution in [3.05, 3.63) is 0 Å². The molecule has 3 atom stereocenters. The van der Waals surface area contributed by atoms with Gasteiger partial charge in [-0.2, -0.15) is 0 Å². The summed E-state index contributed by atoms with van der Waals surface area (Å²) >= 11 is 6.12. The molecule has 0 N–H and O–H groups in total. The topological polar surface area (TPSA) is 34.1 Å². The summed E-state index contributed by atoms with van der Waals surface area (Å²) in [5.74, 6) is 1.75. The lowest BCUT2D eigenvalue weighted by molar-refractivity contribution is 0.271. The zero-order valence-corrected chi connectivity index (χ0v) is 10.6. The van der Waals surface area contributed by atoms with Gasteiger partial charge in [0.15, 0.2) is 9.84 Å². The van der Waals surface area contributed by atoms with Crippen molar-refractivity contribution in [3.8, 4) is 0 Å². The fourth-order valence-corrected chi connectivity index (χ4v) is 4.94. The number of hydrogen-bond acceptors (Lipinski definition) is 2. The van der Waals surface area contributed by atoms with Crippen molar-refractivity contribution in [1.82, 2.24) is 0 Å². The van der Waals surface area contributed by atoms with Crippen molar-refractivity contribution < 1.29 is 8.42 Å². The molecule has 14 heavy (non-hydrogen) atoms. The van der Waals surface area contributed by atoms with Crippen LogP contribution < -0.4 is 0 Å². The fourth-order valence-electron chi connectivity index (χ4n) is 2.58. The Bertz CT molecular complexity index is 274. The van der Waals surface area contributed by atoms with Gasteiger partial charge >= 0.3 is 0 Å². The highest BCUT2D eigenvalue weighted by Crippen LogP contribution is 2.34. The molecule has 0 aromatic rings. The first-order valence-corrected chi connectivity index (χ1v) is 7.44. The molecular weight excluding hydrogens is 220 g/mol. The van der Waals surface area contributed by atoms with Crippen LogP contribution in [0.5, 0.6) is 0 Å². The first-order valence-electron chi connectivity index (χ1n) is 5.18. The fraction of sp³-hybridized carbons (Fsp3) is 1.00. The number of hydrogen-bond donors (Lipinski definition) is 0. The van der Waals surface area contributed by atoms with Gasteiger partial charge in [0, 0.05) is 5.38 Å². The second-order valence-electron chi connectivity index (χ2n) is 4.66. The van der Waals surface area contributed by atoms with Gasteiger partial charge in [-0.05, 0) is 31.1 Å². The second-order valence-corrected chi connectivity index (χ2v) is 7.58. The van der Waals surface area contributed by atoms with E-state index in [0.29, 0.717) is 23.3 Å². The van der Waals surface area contributed by atoms with Gasteiger partial charge in [-0.25, -0.2) is 8.42 Å². The predicted octanol–water partition coefficient (Wildman–Crippen LogP) is 2.32. The van der Waals surface area contributed by atoms with E-state index in [2.05, 4.69) is 13.8 Å². The molecule has 1 saturated heterocycles. The smallest absolute Gasteiger partial charge is 0.150 e. The lowest BCUT2D eigenvalue weighted by Crippen LogP contribution is -2.28. The quantitative estimate of drug-likeness (QED) is 0.708. The Morgan fingerprint density at radius 1 is 1.29 bits per heavy atom. The molecule has 0 radical (unpaired) electrons. The van der Waals surface area contributed by atoms with Gasteiger partial charge in [0.25, 0.3) is 0 Å². The second kappa shape index (κ2) is 4.40. The summed E-state index contributed by atoms with van der Waals surface area (Å²) in [5, 5.41) is 0.0632. The van der Waals surface area contributed by atoms with Crippen LogP contribution in [0, 0.1) is 17.8 Å². The van der Waals surface area contributed by atoms with Crippen LogP contribution in [0.1, 0.15) is 27.2 Å². The van der Waals surface area contributed by atoms with E-state index in [1.165, 1.54) is 0 Å². The molecule has 0 aromatic carbocycles. The molecule has 0 saturated carbocycles. The Kier molecular flexibility index (Phi) is 3.87.